The molecule has 1 saturated carbocycles. The minimum atomic E-state index is 0.0788. The van der Waals surface area contributed by atoms with Gasteiger partial charge in [-0.1, -0.05) is 78.4 Å². The zero-order valence-corrected chi connectivity index (χ0v) is 13.6. The number of alkyl halides is 1. The van der Waals surface area contributed by atoms with Crippen molar-refractivity contribution < 1.29 is 4.79 Å². The summed E-state index contributed by atoms with van der Waals surface area (Å²) in [5.74, 6) is 0.956. The van der Waals surface area contributed by atoms with Crippen LogP contribution >= 0.6 is 15.9 Å². The van der Waals surface area contributed by atoms with Crippen molar-refractivity contribution in [2.45, 2.75) is 51.0 Å². The molecule has 1 aliphatic rings. The molecule has 0 saturated heterocycles. The van der Waals surface area contributed by atoms with E-state index in [-0.39, 0.29) is 11.9 Å². The molecular formula is C17H24BrNO. The molecule has 0 aromatic heterocycles. The van der Waals surface area contributed by atoms with E-state index in [9.17, 15) is 4.79 Å². The van der Waals surface area contributed by atoms with E-state index in [1.54, 1.807) is 0 Å². The van der Waals surface area contributed by atoms with E-state index in [2.05, 4.69) is 33.4 Å². The van der Waals surface area contributed by atoms with E-state index < -0.39 is 0 Å². The molecule has 0 aliphatic heterocycles. The first-order valence-electron chi connectivity index (χ1n) is 7.70. The number of benzene rings is 1. The van der Waals surface area contributed by atoms with Gasteiger partial charge in [0.15, 0.2) is 0 Å². The van der Waals surface area contributed by atoms with E-state index in [1.807, 2.05) is 18.2 Å². The van der Waals surface area contributed by atoms with Gasteiger partial charge in [-0.25, -0.2) is 0 Å². The maximum Gasteiger partial charge on any atom is 0.220 e. The molecule has 1 aromatic carbocycles. The van der Waals surface area contributed by atoms with Gasteiger partial charge in [0.05, 0.1) is 6.04 Å². The lowest BCUT2D eigenvalue weighted by Gasteiger charge is -2.22. The van der Waals surface area contributed by atoms with Crippen molar-refractivity contribution in [2.75, 3.05) is 5.33 Å². The normalized spacial score (nSPS) is 17.6. The number of carbonyl (C=O) groups excluding carboxylic acids is 1. The smallest absolute Gasteiger partial charge is 0.220 e. The Morgan fingerprint density at radius 2 is 1.90 bits per heavy atom. The first-order chi connectivity index (χ1) is 9.79. The van der Waals surface area contributed by atoms with Crippen LogP contribution in [-0.2, 0) is 4.79 Å². The molecule has 1 aliphatic carbocycles. The number of nitrogens with one attached hydrogen (secondary N) is 1. The summed E-state index contributed by atoms with van der Waals surface area (Å²) in [6, 6.07) is 10.2. The van der Waals surface area contributed by atoms with Crippen molar-refractivity contribution >= 4 is 21.8 Å². The highest BCUT2D eigenvalue weighted by atomic mass is 79.9. The molecule has 2 nitrogen and oxygen atoms in total. The van der Waals surface area contributed by atoms with Crippen molar-refractivity contribution in [2.24, 2.45) is 5.92 Å². The number of carbonyl (C=O) groups is 1. The van der Waals surface area contributed by atoms with Gasteiger partial charge in [0.25, 0.3) is 0 Å². The lowest BCUT2D eigenvalue weighted by atomic mass is 9.86. The Hall–Kier alpha value is -0.830. The van der Waals surface area contributed by atoms with E-state index in [1.165, 1.54) is 32.1 Å². The summed E-state index contributed by atoms with van der Waals surface area (Å²) in [6.07, 6.45) is 8.42. The quantitative estimate of drug-likeness (QED) is 0.755. The van der Waals surface area contributed by atoms with E-state index in [0.29, 0.717) is 6.42 Å². The van der Waals surface area contributed by atoms with Crippen molar-refractivity contribution in [3.8, 4) is 0 Å². The third-order valence-electron chi connectivity index (χ3n) is 4.20. The second kappa shape index (κ2) is 8.46. The highest BCUT2D eigenvalue weighted by Crippen LogP contribution is 2.27. The van der Waals surface area contributed by atoms with E-state index >= 15 is 0 Å². The summed E-state index contributed by atoms with van der Waals surface area (Å²) in [7, 11) is 0. The summed E-state index contributed by atoms with van der Waals surface area (Å²) in [6.45, 7) is 0. The van der Waals surface area contributed by atoms with Crippen molar-refractivity contribution in [1.82, 2.24) is 5.32 Å². The SMILES string of the molecule is O=C(CCC1CCCCC1)NC(CBr)c1ccccc1. The third kappa shape index (κ3) is 4.93. The Kier molecular flexibility index (Phi) is 6.58. The van der Waals surface area contributed by atoms with Crippen molar-refractivity contribution in [1.29, 1.82) is 0 Å². The molecule has 20 heavy (non-hydrogen) atoms. The van der Waals surface area contributed by atoms with Gasteiger partial charge in [-0.3, -0.25) is 4.79 Å². The van der Waals surface area contributed by atoms with Gasteiger partial charge in [0, 0.05) is 11.8 Å². The molecule has 0 heterocycles. The summed E-state index contributed by atoms with van der Waals surface area (Å²) in [5.41, 5.74) is 1.16. The predicted molar refractivity (Wildman–Crippen MR) is 86.9 cm³/mol. The lowest BCUT2D eigenvalue weighted by molar-refractivity contribution is -0.122. The fourth-order valence-corrected chi connectivity index (χ4v) is 3.51. The fraction of sp³-hybridized carbons (Fsp3) is 0.588. The Labute approximate surface area is 130 Å². The van der Waals surface area contributed by atoms with Crippen molar-refractivity contribution in [3.05, 3.63) is 35.9 Å². The monoisotopic (exact) mass is 337 g/mol. The van der Waals surface area contributed by atoms with Crippen LogP contribution in [0, 0.1) is 5.92 Å². The van der Waals surface area contributed by atoms with Crippen LogP contribution in [0.4, 0.5) is 0 Å². The summed E-state index contributed by atoms with van der Waals surface area (Å²) < 4.78 is 0. The number of halogens is 1. The minimum Gasteiger partial charge on any atom is -0.348 e. The first kappa shape index (κ1) is 15.6. The molecule has 1 unspecified atom stereocenters. The molecule has 1 aromatic rings. The molecule has 110 valence electrons. The number of hydrogen-bond acceptors (Lipinski definition) is 1. The van der Waals surface area contributed by atoms with Crippen LogP contribution in [0.3, 0.4) is 0 Å². The third-order valence-corrected chi connectivity index (χ3v) is 4.84. The first-order valence-corrected chi connectivity index (χ1v) is 8.82. The molecular weight excluding hydrogens is 314 g/mol. The fourth-order valence-electron chi connectivity index (χ4n) is 2.97. The highest BCUT2D eigenvalue weighted by Gasteiger charge is 2.17. The van der Waals surface area contributed by atoms with Crippen molar-refractivity contribution in [3.63, 3.8) is 0 Å². The van der Waals surface area contributed by atoms with Crippen LogP contribution < -0.4 is 5.32 Å². The van der Waals surface area contributed by atoms with Crippen LogP contribution in [0.5, 0.6) is 0 Å². The second-order valence-corrected chi connectivity index (χ2v) is 6.38. The largest absolute Gasteiger partial charge is 0.348 e. The number of hydrogen-bond donors (Lipinski definition) is 1. The van der Waals surface area contributed by atoms with Gasteiger partial charge < -0.3 is 5.32 Å². The number of rotatable bonds is 6. The van der Waals surface area contributed by atoms with Gasteiger partial charge in [0.1, 0.15) is 0 Å². The van der Waals surface area contributed by atoms with Crippen LogP contribution in [-0.4, -0.2) is 11.2 Å². The minimum absolute atomic E-state index is 0.0788. The standard InChI is InChI=1S/C17H24BrNO/c18-13-16(15-9-5-2-6-10-15)19-17(20)12-11-14-7-3-1-4-8-14/h2,5-6,9-10,14,16H,1,3-4,7-8,11-13H2,(H,19,20). The molecule has 0 bridgehead atoms. The molecule has 2 rings (SSSR count). The molecule has 1 fully saturated rings. The number of amides is 1. The van der Waals surface area contributed by atoms with Crippen LogP contribution in [0.25, 0.3) is 0 Å². The summed E-state index contributed by atoms with van der Waals surface area (Å²) in [4.78, 5) is 12.1. The summed E-state index contributed by atoms with van der Waals surface area (Å²) in [5, 5.41) is 3.89. The zero-order valence-electron chi connectivity index (χ0n) is 12.0. The predicted octanol–water partition coefficient (Wildman–Crippen LogP) is 4.60. The Balaban J connectivity index is 1.77. The van der Waals surface area contributed by atoms with Gasteiger partial charge >= 0.3 is 0 Å². The second-order valence-electron chi connectivity index (χ2n) is 5.73. The van der Waals surface area contributed by atoms with Gasteiger partial charge in [-0.2, -0.15) is 0 Å². The Bertz CT molecular complexity index is 401. The molecule has 1 N–H and O–H groups in total. The zero-order chi connectivity index (χ0) is 14.2. The highest BCUT2D eigenvalue weighted by molar-refractivity contribution is 9.09. The van der Waals surface area contributed by atoms with E-state index in [4.69, 9.17) is 0 Å². The molecule has 0 radical (unpaired) electrons. The summed E-state index contributed by atoms with van der Waals surface area (Å²) >= 11 is 3.49. The Morgan fingerprint density at radius 3 is 2.55 bits per heavy atom. The van der Waals surface area contributed by atoms with E-state index in [0.717, 1.165) is 23.2 Å². The van der Waals surface area contributed by atoms with Crippen LogP contribution in [0.1, 0.15) is 56.6 Å². The van der Waals surface area contributed by atoms with Crippen LogP contribution in [0.2, 0.25) is 0 Å². The van der Waals surface area contributed by atoms with Gasteiger partial charge in [-0.05, 0) is 17.9 Å². The lowest BCUT2D eigenvalue weighted by Crippen LogP contribution is -2.29. The Morgan fingerprint density at radius 1 is 1.20 bits per heavy atom. The maximum atomic E-state index is 12.1. The average Bonchev–Trinajstić information content (AvgIpc) is 2.52. The average molecular weight is 338 g/mol. The molecule has 3 heteroatoms. The maximum absolute atomic E-state index is 12.1. The topological polar surface area (TPSA) is 29.1 Å². The van der Waals surface area contributed by atoms with Crippen LogP contribution in [0.15, 0.2) is 30.3 Å². The molecule has 0 spiro atoms. The van der Waals surface area contributed by atoms with Gasteiger partial charge in [-0.15, -0.1) is 0 Å². The van der Waals surface area contributed by atoms with Gasteiger partial charge in [0.2, 0.25) is 5.91 Å². The molecule has 1 atom stereocenters. The molecule has 1 amide bonds.